The largest absolute Gasteiger partial charge is 0.488 e. The lowest BCUT2D eigenvalue weighted by molar-refractivity contribution is -0.384. The number of hydrazone groups is 1. The molecule has 8 heteroatoms. The van der Waals surface area contributed by atoms with Crippen molar-refractivity contribution in [3.8, 4) is 16.9 Å². The van der Waals surface area contributed by atoms with Crippen molar-refractivity contribution < 1.29 is 14.5 Å². The fourth-order valence-corrected chi connectivity index (χ4v) is 3.53. The number of ether oxygens (including phenoxy) is 1. The number of nitro groups is 1. The van der Waals surface area contributed by atoms with Crippen LogP contribution in [-0.4, -0.2) is 17.0 Å². The van der Waals surface area contributed by atoms with Gasteiger partial charge in [-0.25, -0.2) is 5.43 Å². The number of nitro benzene ring substituents is 1. The first-order valence-electron chi connectivity index (χ1n) is 10.6. The summed E-state index contributed by atoms with van der Waals surface area (Å²) in [6.07, 6.45) is 1.31. The zero-order chi connectivity index (χ0) is 24.6. The number of amides is 1. The highest BCUT2D eigenvalue weighted by molar-refractivity contribution is 6.32. The van der Waals surface area contributed by atoms with E-state index < -0.39 is 10.8 Å². The normalized spacial score (nSPS) is 10.8. The van der Waals surface area contributed by atoms with Gasteiger partial charge >= 0.3 is 0 Å². The van der Waals surface area contributed by atoms with Crippen molar-refractivity contribution >= 4 is 29.4 Å². The summed E-state index contributed by atoms with van der Waals surface area (Å²) in [6.45, 7) is 0.346. The molecule has 0 radical (unpaired) electrons. The van der Waals surface area contributed by atoms with Gasteiger partial charge in [-0.05, 0) is 35.4 Å². The molecule has 174 valence electrons. The summed E-state index contributed by atoms with van der Waals surface area (Å²) in [5.74, 6) is 0.365. The van der Waals surface area contributed by atoms with E-state index in [4.69, 9.17) is 16.3 Å². The maximum absolute atomic E-state index is 12.4. The average Bonchev–Trinajstić information content (AvgIpc) is 2.89. The minimum absolute atomic E-state index is 0.0313. The summed E-state index contributed by atoms with van der Waals surface area (Å²) < 4.78 is 6.05. The first-order chi connectivity index (χ1) is 17.0. The van der Waals surface area contributed by atoms with E-state index in [1.807, 2.05) is 66.7 Å². The quantitative estimate of drug-likeness (QED) is 0.181. The molecule has 35 heavy (non-hydrogen) atoms. The minimum atomic E-state index is -0.580. The molecule has 0 aliphatic rings. The predicted octanol–water partition coefficient (Wildman–Crippen LogP) is 6.26. The first-order valence-corrected chi connectivity index (χ1v) is 11.0. The van der Waals surface area contributed by atoms with Gasteiger partial charge in [-0.15, -0.1) is 0 Å². The molecule has 7 nitrogen and oxygen atoms in total. The van der Waals surface area contributed by atoms with Crippen LogP contribution in [0.5, 0.6) is 5.75 Å². The summed E-state index contributed by atoms with van der Waals surface area (Å²) in [6, 6.07) is 29.1. The second-order valence-electron chi connectivity index (χ2n) is 7.51. The summed E-state index contributed by atoms with van der Waals surface area (Å²) in [7, 11) is 0. The Kier molecular flexibility index (Phi) is 7.50. The van der Waals surface area contributed by atoms with Crippen LogP contribution in [0.15, 0.2) is 102 Å². The molecular weight excluding hydrogens is 466 g/mol. The highest BCUT2D eigenvalue weighted by Gasteiger charge is 2.12. The van der Waals surface area contributed by atoms with Gasteiger partial charge in [0.25, 0.3) is 11.6 Å². The number of nitrogens with one attached hydrogen (secondary N) is 1. The van der Waals surface area contributed by atoms with Crippen molar-refractivity contribution in [3.05, 3.63) is 129 Å². The lowest BCUT2D eigenvalue weighted by atomic mass is 10.0. The maximum Gasteiger partial charge on any atom is 0.288 e. The molecule has 4 aromatic rings. The van der Waals surface area contributed by atoms with E-state index in [0.29, 0.717) is 17.7 Å². The fraction of sp³-hybridized carbons (Fsp3) is 0.0370. The molecule has 1 amide bonds. The monoisotopic (exact) mass is 485 g/mol. The molecule has 4 aromatic carbocycles. The molecule has 0 saturated heterocycles. The van der Waals surface area contributed by atoms with Crippen LogP contribution in [0.3, 0.4) is 0 Å². The number of rotatable bonds is 8. The van der Waals surface area contributed by atoms with Gasteiger partial charge in [0.05, 0.1) is 11.1 Å². The summed E-state index contributed by atoms with van der Waals surface area (Å²) >= 11 is 5.80. The highest BCUT2D eigenvalue weighted by Crippen LogP contribution is 2.30. The van der Waals surface area contributed by atoms with E-state index in [-0.39, 0.29) is 10.7 Å². The molecular formula is C27H20ClN3O4. The number of carbonyl (C=O) groups excluding carboxylic acids is 1. The Morgan fingerprint density at radius 3 is 2.43 bits per heavy atom. The van der Waals surface area contributed by atoms with Crippen LogP contribution in [0, 0.1) is 10.1 Å². The first kappa shape index (κ1) is 23.7. The maximum atomic E-state index is 12.4. The molecule has 0 atom stereocenters. The third-order valence-corrected chi connectivity index (χ3v) is 5.45. The Bertz CT molecular complexity index is 1370. The van der Waals surface area contributed by atoms with Crippen molar-refractivity contribution in [1.29, 1.82) is 0 Å². The molecule has 0 saturated carbocycles. The molecule has 4 rings (SSSR count). The van der Waals surface area contributed by atoms with Crippen molar-refractivity contribution in [2.45, 2.75) is 6.61 Å². The Balaban J connectivity index is 1.36. The van der Waals surface area contributed by atoms with Gasteiger partial charge in [-0.2, -0.15) is 5.10 Å². The van der Waals surface area contributed by atoms with Gasteiger partial charge in [-0.1, -0.05) is 78.3 Å². The van der Waals surface area contributed by atoms with E-state index >= 15 is 0 Å². The zero-order valence-electron chi connectivity index (χ0n) is 18.4. The number of para-hydroxylation sites is 1. The molecule has 0 unspecified atom stereocenters. The molecule has 0 aliphatic carbocycles. The van der Waals surface area contributed by atoms with Crippen molar-refractivity contribution in [1.82, 2.24) is 5.43 Å². The van der Waals surface area contributed by atoms with E-state index in [2.05, 4.69) is 10.5 Å². The molecule has 0 bridgehead atoms. The molecule has 0 fully saturated rings. The minimum Gasteiger partial charge on any atom is -0.488 e. The number of hydrogen-bond donors (Lipinski definition) is 1. The number of halogens is 1. The number of benzene rings is 4. The van der Waals surface area contributed by atoms with E-state index in [1.54, 1.807) is 18.2 Å². The van der Waals surface area contributed by atoms with Crippen LogP contribution in [0.4, 0.5) is 5.69 Å². The Labute approximate surface area is 206 Å². The molecule has 0 aromatic heterocycles. The Hall–Kier alpha value is -4.49. The third kappa shape index (κ3) is 6.10. The van der Waals surface area contributed by atoms with E-state index in [1.165, 1.54) is 18.3 Å². The summed E-state index contributed by atoms with van der Waals surface area (Å²) in [5, 5.41) is 14.9. The van der Waals surface area contributed by atoms with Gasteiger partial charge in [0.15, 0.2) is 0 Å². The van der Waals surface area contributed by atoms with Gasteiger partial charge < -0.3 is 4.74 Å². The molecule has 0 spiro atoms. The average molecular weight is 486 g/mol. The third-order valence-electron chi connectivity index (χ3n) is 5.13. The fourth-order valence-electron chi connectivity index (χ4n) is 3.34. The molecule has 1 N–H and O–H groups in total. The SMILES string of the molecule is O=C(N/N=C\c1ccc(Cl)c([N+](=O)[O-])c1)c1ccc(COc2ccccc2-c2ccccc2)cc1. The van der Waals surface area contributed by atoms with Crippen LogP contribution in [-0.2, 0) is 6.61 Å². The molecule has 0 aliphatic heterocycles. The second kappa shape index (κ2) is 11.1. The van der Waals surface area contributed by atoms with Crippen LogP contribution >= 0.6 is 11.6 Å². The summed E-state index contributed by atoms with van der Waals surface area (Å²) in [4.78, 5) is 22.8. The van der Waals surface area contributed by atoms with Crippen LogP contribution < -0.4 is 10.2 Å². The van der Waals surface area contributed by atoms with Gasteiger partial charge in [0.2, 0.25) is 0 Å². The van der Waals surface area contributed by atoms with Gasteiger partial charge in [-0.3, -0.25) is 14.9 Å². The molecule has 0 heterocycles. The number of carbonyl (C=O) groups is 1. The van der Waals surface area contributed by atoms with E-state index in [0.717, 1.165) is 22.4 Å². The lowest BCUT2D eigenvalue weighted by Gasteiger charge is -2.12. The van der Waals surface area contributed by atoms with Crippen LogP contribution in [0.25, 0.3) is 11.1 Å². The van der Waals surface area contributed by atoms with Crippen LogP contribution in [0.2, 0.25) is 5.02 Å². The topological polar surface area (TPSA) is 93.8 Å². The van der Waals surface area contributed by atoms with Crippen LogP contribution in [0.1, 0.15) is 21.5 Å². The number of nitrogens with zero attached hydrogens (tertiary/aromatic N) is 2. The van der Waals surface area contributed by atoms with E-state index in [9.17, 15) is 14.9 Å². The van der Waals surface area contributed by atoms with Crippen molar-refractivity contribution in [2.75, 3.05) is 0 Å². The Morgan fingerprint density at radius 2 is 1.69 bits per heavy atom. The van der Waals surface area contributed by atoms with Gasteiger partial charge in [0.1, 0.15) is 17.4 Å². The smallest absolute Gasteiger partial charge is 0.288 e. The standard InChI is InChI=1S/C27H20ClN3O4/c28-24-15-12-20(16-25(24)31(33)34)17-29-30-27(32)22-13-10-19(11-14-22)18-35-26-9-5-4-8-23(26)21-6-2-1-3-7-21/h1-17H,18H2,(H,30,32)/b29-17-. The zero-order valence-corrected chi connectivity index (χ0v) is 19.2. The number of hydrogen-bond acceptors (Lipinski definition) is 5. The summed E-state index contributed by atoms with van der Waals surface area (Å²) in [5.41, 5.74) is 6.01. The lowest BCUT2D eigenvalue weighted by Crippen LogP contribution is -2.17. The van der Waals surface area contributed by atoms with Crippen molar-refractivity contribution in [3.63, 3.8) is 0 Å². The second-order valence-corrected chi connectivity index (χ2v) is 7.92. The Morgan fingerprint density at radius 1 is 0.971 bits per heavy atom. The highest BCUT2D eigenvalue weighted by atomic mass is 35.5. The van der Waals surface area contributed by atoms with Crippen molar-refractivity contribution in [2.24, 2.45) is 5.10 Å². The predicted molar refractivity (Wildman–Crippen MR) is 136 cm³/mol. The van der Waals surface area contributed by atoms with Gasteiger partial charge in [0, 0.05) is 22.8 Å².